The molecule has 0 unspecified atom stereocenters. The number of hydrogen-bond acceptors (Lipinski definition) is 2. The Bertz CT molecular complexity index is 994. The second-order valence-electron chi connectivity index (χ2n) is 6.21. The van der Waals surface area contributed by atoms with Crippen molar-refractivity contribution in [1.82, 2.24) is 0 Å². The molecule has 26 heavy (non-hydrogen) atoms. The van der Waals surface area contributed by atoms with Crippen LogP contribution in [0.25, 0.3) is 22.3 Å². The van der Waals surface area contributed by atoms with Crippen LogP contribution in [0.5, 0.6) is 0 Å². The second-order valence-corrected chi connectivity index (χ2v) is 6.21. The Kier molecular flexibility index (Phi) is 4.40. The molecule has 0 fully saturated rings. The van der Waals surface area contributed by atoms with Gasteiger partial charge in [0.25, 0.3) is 0 Å². The summed E-state index contributed by atoms with van der Waals surface area (Å²) in [5, 5.41) is 3.51. The number of benzene rings is 4. The summed E-state index contributed by atoms with van der Waals surface area (Å²) in [5.41, 5.74) is 13.7. The first-order valence-corrected chi connectivity index (χ1v) is 8.68. The van der Waals surface area contributed by atoms with E-state index in [1.54, 1.807) is 0 Å². The van der Waals surface area contributed by atoms with E-state index in [1.807, 2.05) is 48.5 Å². The normalized spacial score (nSPS) is 10.5. The number of para-hydroxylation sites is 1. The summed E-state index contributed by atoms with van der Waals surface area (Å²) in [7, 11) is 0. The fourth-order valence-corrected chi connectivity index (χ4v) is 3.12. The maximum atomic E-state index is 6.41. The van der Waals surface area contributed by atoms with Gasteiger partial charge in [-0.05, 0) is 35.4 Å². The highest BCUT2D eigenvalue weighted by Crippen LogP contribution is 2.38. The van der Waals surface area contributed by atoms with Crippen molar-refractivity contribution >= 4 is 17.1 Å². The maximum absolute atomic E-state index is 6.41. The molecule has 0 aliphatic carbocycles. The van der Waals surface area contributed by atoms with Gasteiger partial charge in [-0.15, -0.1) is 0 Å². The molecule has 0 saturated heterocycles. The van der Waals surface area contributed by atoms with Crippen molar-refractivity contribution in [2.45, 2.75) is 0 Å². The largest absolute Gasteiger partial charge is 0.398 e. The first-order valence-electron chi connectivity index (χ1n) is 8.68. The first-order chi connectivity index (χ1) is 12.8. The third-order valence-electron chi connectivity index (χ3n) is 4.41. The number of anilines is 3. The molecule has 0 heterocycles. The molecule has 4 aromatic carbocycles. The molecular weight excluding hydrogens is 316 g/mol. The summed E-state index contributed by atoms with van der Waals surface area (Å²) in [4.78, 5) is 0. The van der Waals surface area contributed by atoms with Crippen LogP contribution >= 0.6 is 0 Å². The molecule has 4 aromatic rings. The molecule has 0 spiro atoms. The van der Waals surface area contributed by atoms with Crippen LogP contribution in [0.3, 0.4) is 0 Å². The van der Waals surface area contributed by atoms with Gasteiger partial charge < -0.3 is 11.1 Å². The third kappa shape index (κ3) is 3.31. The van der Waals surface area contributed by atoms with Gasteiger partial charge in [0.2, 0.25) is 0 Å². The fourth-order valence-electron chi connectivity index (χ4n) is 3.12. The number of rotatable bonds is 4. The SMILES string of the molecule is Nc1cc(Nc2ccccc2)c(-c2ccccc2)cc1-c1ccccc1. The Morgan fingerprint density at radius 1 is 0.538 bits per heavy atom. The maximum Gasteiger partial charge on any atom is 0.0485 e. The Labute approximate surface area is 153 Å². The molecule has 0 bridgehead atoms. The monoisotopic (exact) mass is 336 g/mol. The Morgan fingerprint density at radius 3 is 1.62 bits per heavy atom. The van der Waals surface area contributed by atoms with Crippen molar-refractivity contribution in [3.8, 4) is 22.3 Å². The van der Waals surface area contributed by atoms with Gasteiger partial charge in [-0.1, -0.05) is 78.9 Å². The van der Waals surface area contributed by atoms with E-state index in [0.717, 1.165) is 39.3 Å². The molecule has 0 radical (unpaired) electrons. The Balaban J connectivity index is 1.87. The lowest BCUT2D eigenvalue weighted by Gasteiger charge is -2.17. The lowest BCUT2D eigenvalue weighted by Crippen LogP contribution is -1.98. The zero-order valence-corrected chi connectivity index (χ0v) is 14.4. The molecular formula is C24H20N2. The van der Waals surface area contributed by atoms with Crippen LogP contribution in [0.1, 0.15) is 0 Å². The molecule has 0 aliphatic heterocycles. The van der Waals surface area contributed by atoms with Crippen LogP contribution in [0.4, 0.5) is 17.1 Å². The number of nitrogen functional groups attached to an aromatic ring is 1. The van der Waals surface area contributed by atoms with Gasteiger partial charge in [-0.25, -0.2) is 0 Å². The fraction of sp³-hybridized carbons (Fsp3) is 0. The zero-order valence-electron chi connectivity index (χ0n) is 14.4. The van der Waals surface area contributed by atoms with E-state index < -0.39 is 0 Å². The zero-order chi connectivity index (χ0) is 17.8. The summed E-state index contributed by atoms with van der Waals surface area (Å²) in [6, 6.07) is 35.0. The number of nitrogens with one attached hydrogen (secondary N) is 1. The smallest absolute Gasteiger partial charge is 0.0485 e. The van der Waals surface area contributed by atoms with Gasteiger partial charge in [-0.2, -0.15) is 0 Å². The highest BCUT2D eigenvalue weighted by molar-refractivity contribution is 5.91. The summed E-state index contributed by atoms with van der Waals surface area (Å²) in [5.74, 6) is 0. The van der Waals surface area contributed by atoms with Crippen LogP contribution in [-0.4, -0.2) is 0 Å². The lowest BCUT2D eigenvalue weighted by molar-refractivity contribution is 1.52. The van der Waals surface area contributed by atoms with Gasteiger partial charge in [0.15, 0.2) is 0 Å². The quantitative estimate of drug-likeness (QED) is 0.426. The van der Waals surface area contributed by atoms with Crippen LogP contribution in [-0.2, 0) is 0 Å². The van der Waals surface area contributed by atoms with E-state index >= 15 is 0 Å². The van der Waals surface area contributed by atoms with E-state index in [4.69, 9.17) is 5.73 Å². The van der Waals surface area contributed by atoms with Gasteiger partial charge in [0.05, 0.1) is 0 Å². The standard InChI is InChI=1S/C24H20N2/c25-23-17-24(26-20-14-8-3-9-15-20)22(19-12-6-2-7-13-19)16-21(23)18-10-4-1-5-11-18/h1-17,26H,25H2. The molecule has 0 aliphatic rings. The topological polar surface area (TPSA) is 38.0 Å². The van der Waals surface area contributed by atoms with Gasteiger partial charge in [-0.3, -0.25) is 0 Å². The van der Waals surface area contributed by atoms with Crippen LogP contribution in [0.2, 0.25) is 0 Å². The first kappa shape index (κ1) is 16.0. The number of hydrogen-bond donors (Lipinski definition) is 2. The van der Waals surface area contributed by atoms with Crippen molar-refractivity contribution in [2.24, 2.45) is 0 Å². The van der Waals surface area contributed by atoms with Crippen molar-refractivity contribution in [3.63, 3.8) is 0 Å². The van der Waals surface area contributed by atoms with Crippen molar-refractivity contribution in [1.29, 1.82) is 0 Å². The minimum absolute atomic E-state index is 0.759. The molecule has 0 amide bonds. The molecule has 0 saturated carbocycles. The summed E-state index contributed by atoms with van der Waals surface area (Å²) >= 11 is 0. The highest BCUT2D eigenvalue weighted by Gasteiger charge is 2.11. The van der Waals surface area contributed by atoms with Gasteiger partial charge in [0, 0.05) is 28.2 Å². The Morgan fingerprint density at radius 2 is 1.04 bits per heavy atom. The molecule has 0 atom stereocenters. The van der Waals surface area contributed by atoms with E-state index in [-0.39, 0.29) is 0 Å². The van der Waals surface area contributed by atoms with E-state index in [9.17, 15) is 0 Å². The lowest BCUT2D eigenvalue weighted by atomic mass is 9.95. The minimum Gasteiger partial charge on any atom is -0.398 e. The van der Waals surface area contributed by atoms with Gasteiger partial charge in [0.1, 0.15) is 0 Å². The summed E-state index contributed by atoms with van der Waals surface area (Å²) < 4.78 is 0. The van der Waals surface area contributed by atoms with E-state index in [1.165, 1.54) is 0 Å². The second kappa shape index (κ2) is 7.16. The third-order valence-corrected chi connectivity index (χ3v) is 4.41. The van der Waals surface area contributed by atoms with Crippen molar-refractivity contribution < 1.29 is 0 Å². The van der Waals surface area contributed by atoms with Crippen LogP contribution < -0.4 is 11.1 Å². The minimum atomic E-state index is 0.759. The predicted octanol–water partition coefficient (Wildman–Crippen LogP) is 6.35. The van der Waals surface area contributed by atoms with E-state index in [0.29, 0.717) is 0 Å². The van der Waals surface area contributed by atoms with Crippen LogP contribution in [0, 0.1) is 0 Å². The van der Waals surface area contributed by atoms with Crippen molar-refractivity contribution in [2.75, 3.05) is 11.1 Å². The molecule has 4 rings (SSSR count). The predicted molar refractivity (Wildman–Crippen MR) is 111 cm³/mol. The summed E-state index contributed by atoms with van der Waals surface area (Å²) in [6.07, 6.45) is 0. The summed E-state index contributed by atoms with van der Waals surface area (Å²) in [6.45, 7) is 0. The highest BCUT2D eigenvalue weighted by atomic mass is 14.9. The van der Waals surface area contributed by atoms with E-state index in [2.05, 4.69) is 59.9 Å². The average molecular weight is 336 g/mol. The van der Waals surface area contributed by atoms with Crippen molar-refractivity contribution in [3.05, 3.63) is 103 Å². The molecule has 3 N–H and O–H groups in total. The van der Waals surface area contributed by atoms with Gasteiger partial charge >= 0.3 is 0 Å². The Hall–Kier alpha value is -3.52. The molecule has 126 valence electrons. The molecule has 2 heteroatoms. The number of nitrogens with two attached hydrogens (primary N) is 1. The molecule has 2 nitrogen and oxygen atoms in total. The van der Waals surface area contributed by atoms with Crippen LogP contribution in [0.15, 0.2) is 103 Å². The average Bonchev–Trinajstić information content (AvgIpc) is 2.70. The molecule has 0 aromatic heterocycles.